The van der Waals surface area contributed by atoms with Gasteiger partial charge < -0.3 is 15.1 Å². The molecule has 0 heterocycles. The lowest BCUT2D eigenvalue weighted by molar-refractivity contribution is -0.138. The highest BCUT2D eigenvalue weighted by Crippen LogP contribution is 2.40. The van der Waals surface area contributed by atoms with E-state index in [1.54, 1.807) is 18.2 Å². The van der Waals surface area contributed by atoms with Crippen molar-refractivity contribution in [1.82, 2.24) is 4.90 Å². The third-order valence-electron chi connectivity index (χ3n) is 9.73. The van der Waals surface area contributed by atoms with Crippen molar-refractivity contribution in [2.75, 3.05) is 19.6 Å². The summed E-state index contributed by atoms with van der Waals surface area (Å²) in [6.45, 7) is 9.23. The van der Waals surface area contributed by atoms with Gasteiger partial charge in [-0.3, -0.25) is 4.79 Å². The number of alkyl halides is 3. The molecule has 298 valence electrons. The number of hydrogen-bond donors (Lipinski definition) is 2. The van der Waals surface area contributed by atoms with Gasteiger partial charge in [0.05, 0.1) is 11.7 Å². The van der Waals surface area contributed by atoms with E-state index < -0.39 is 23.8 Å². The second-order valence-electron chi connectivity index (χ2n) is 14.3. The Balaban J connectivity index is 0.000000419. The molecule has 1 atom stereocenters. The fourth-order valence-corrected chi connectivity index (χ4v) is 7.11. The molecule has 0 saturated carbocycles. The number of carbonyl (C=O) groups is 1. The van der Waals surface area contributed by atoms with Gasteiger partial charge in [0.2, 0.25) is 0 Å². The third kappa shape index (κ3) is 18.2. The van der Waals surface area contributed by atoms with Crippen LogP contribution in [0.25, 0.3) is 21.5 Å². The zero-order valence-electron chi connectivity index (χ0n) is 32.4. The number of halogens is 5. The number of fused-ring (bicyclic) bond motifs is 3. The van der Waals surface area contributed by atoms with Gasteiger partial charge in [0.1, 0.15) is 0 Å². The maximum absolute atomic E-state index is 13.4. The van der Waals surface area contributed by atoms with Crippen LogP contribution in [0.15, 0.2) is 48.6 Å². The Morgan fingerprint density at radius 1 is 0.698 bits per heavy atom. The van der Waals surface area contributed by atoms with Crippen molar-refractivity contribution in [2.24, 2.45) is 0 Å². The summed E-state index contributed by atoms with van der Waals surface area (Å²) in [7, 11) is 0. The molecule has 53 heavy (non-hydrogen) atoms. The van der Waals surface area contributed by atoms with E-state index in [-0.39, 0.29) is 0 Å². The molecule has 4 nitrogen and oxygen atoms in total. The van der Waals surface area contributed by atoms with Crippen molar-refractivity contribution in [2.45, 2.75) is 155 Å². The number of unbranched alkanes of at least 4 members (excludes halogenated alkanes) is 13. The first-order valence-electron chi connectivity index (χ1n) is 20.1. The average molecular weight is 783 g/mol. The average Bonchev–Trinajstić information content (AvgIpc) is 3.12. The molecule has 0 aliphatic carbocycles. The highest BCUT2D eigenvalue weighted by atomic mass is 35.5. The fraction of sp³-hybridized carbons (Fsp3) is 0.614. The first kappa shape index (κ1) is 46.8. The van der Waals surface area contributed by atoms with Crippen LogP contribution in [0.4, 0.5) is 13.2 Å². The summed E-state index contributed by atoms with van der Waals surface area (Å²) in [6.07, 6.45) is 20.8. The Bertz CT molecular complexity index is 1500. The predicted octanol–water partition coefficient (Wildman–Crippen LogP) is 14.8. The zero-order chi connectivity index (χ0) is 39.1. The van der Waals surface area contributed by atoms with Crippen LogP contribution in [0, 0.1) is 0 Å². The van der Waals surface area contributed by atoms with Crippen molar-refractivity contribution in [1.29, 1.82) is 0 Å². The smallest absolute Gasteiger partial charge is 0.416 e. The van der Waals surface area contributed by atoms with Crippen molar-refractivity contribution in [3.8, 4) is 0 Å². The number of nitrogens with zero attached hydrogens (tertiary/aromatic N) is 1. The summed E-state index contributed by atoms with van der Waals surface area (Å²) < 4.78 is 40.3. The summed E-state index contributed by atoms with van der Waals surface area (Å²) in [5, 5.41) is 22.4. The van der Waals surface area contributed by atoms with Crippen molar-refractivity contribution in [3.63, 3.8) is 0 Å². The number of allylic oxidation sites excluding steroid dienone is 2. The number of rotatable bonds is 25. The molecule has 1 unspecified atom stereocenters. The molecule has 9 heteroatoms. The topological polar surface area (TPSA) is 60.8 Å². The minimum atomic E-state index is -4.48. The van der Waals surface area contributed by atoms with E-state index in [4.69, 9.17) is 28.3 Å². The number of carboxylic acids is 1. The Morgan fingerprint density at radius 3 is 1.81 bits per heavy atom. The molecule has 0 aliphatic rings. The van der Waals surface area contributed by atoms with E-state index in [9.17, 15) is 23.1 Å². The van der Waals surface area contributed by atoms with Gasteiger partial charge in [-0.05, 0) is 117 Å². The standard InChI is InChI=1S/C26H30Cl2F3NO.C18H34O2/c1-3-5-10-32(11-6-4-2)12-9-25(33)23-16-22-21(14-18(27)15-24(22)28)20-13-17(26(29,30)31)7-8-19(20)23;1-2-3-4-5-6-7-8-9-10-11-12-13-14-15-16-17-18(19)20/h7-8,13-16,25,33H,3-6,9-12H2,1-2H3;9-10H,2-8,11-17H2,1H3,(H,19,20). The lowest BCUT2D eigenvalue weighted by atomic mass is 9.92. The number of benzene rings is 3. The predicted molar refractivity (Wildman–Crippen MR) is 219 cm³/mol. The minimum absolute atomic E-state index is 0.332. The monoisotopic (exact) mass is 781 g/mol. The number of aliphatic carboxylic acids is 1. The summed E-state index contributed by atoms with van der Waals surface area (Å²) in [5.74, 6) is -0.664. The molecule has 3 rings (SSSR count). The van der Waals surface area contributed by atoms with E-state index >= 15 is 0 Å². The normalized spacial score (nSPS) is 12.6. The first-order valence-corrected chi connectivity index (χ1v) is 20.9. The summed E-state index contributed by atoms with van der Waals surface area (Å²) >= 11 is 12.6. The van der Waals surface area contributed by atoms with E-state index in [0.717, 1.165) is 70.3 Å². The second kappa shape index (κ2) is 26.5. The van der Waals surface area contributed by atoms with Gasteiger partial charge in [-0.2, -0.15) is 13.2 Å². The third-order valence-corrected chi connectivity index (χ3v) is 10.3. The lowest BCUT2D eigenvalue weighted by Gasteiger charge is -2.24. The maximum atomic E-state index is 13.4. The molecule has 0 bridgehead atoms. The Morgan fingerprint density at radius 2 is 1.25 bits per heavy atom. The molecule has 0 aromatic heterocycles. The Labute approximate surface area is 327 Å². The second-order valence-corrected chi connectivity index (χ2v) is 15.1. The molecule has 0 amide bonds. The van der Waals surface area contributed by atoms with Crippen molar-refractivity contribution < 1.29 is 28.2 Å². The Hall–Kier alpha value is -2.32. The summed E-state index contributed by atoms with van der Waals surface area (Å²) in [6, 6.07) is 8.60. The van der Waals surface area contributed by atoms with Crippen LogP contribution in [0.2, 0.25) is 10.0 Å². The van der Waals surface area contributed by atoms with Gasteiger partial charge in [-0.15, -0.1) is 0 Å². The van der Waals surface area contributed by atoms with Gasteiger partial charge in [-0.25, -0.2) is 0 Å². The summed E-state index contributed by atoms with van der Waals surface area (Å²) in [5.41, 5.74) is -0.161. The SMILES string of the molecule is CCCCCCCCC=CCCCCCCCC(=O)O.CCCCN(CCCC)CCC(O)c1cc2c(Cl)cc(Cl)cc2c2cc(C(F)(F)F)ccc12. The molecule has 0 aliphatic heterocycles. The Kier molecular flexibility index (Phi) is 23.4. The molecule has 0 fully saturated rings. The molecular formula is C44H64Cl2F3NO3. The number of aliphatic hydroxyl groups excluding tert-OH is 1. The van der Waals surface area contributed by atoms with E-state index in [1.165, 1.54) is 76.7 Å². The molecule has 2 N–H and O–H groups in total. The summed E-state index contributed by atoms with van der Waals surface area (Å²) in [4.78, 5) is 12.7. The van der Waals surface area contributed by atoms with Gasteiger partial charge in [0.25, 0.3) is 0 Å². The van der Waals surface area contributed by atoms with Crippen LogP contribution in [-0.2, 0) is 11.0 Å². The molecule has 0 saturated heterocycles. The molecule has 0 radical (unpaired) electrons. The van der Waals surface area contributed by atoms with E-state index in [1.807, 2.05) is 0 Å². The van der Waals surface area contributed by atoms with Crippen LogP contribution in [0.3, 0.4) is 0 Å². The number of carboxylic acid groups (broad SMARTS) is 1. The highest BCUT2D eigenvalue weighted by molar-refractivity contribution is 6.39. The van der Waals surface area contributed by atoms with E-state index in [2.05, 4.69) is 37.8 Å². The molecular weight excluding hydrogens is 718 g/mol. The first-order chi connectivity index (χ1) is 25.4. The van der Waals surface area contributed by atoms with Crippen LogP contribution >= 0.6 is 23.2 Å². The molecule has 0 spiro atoms. The van der Waals surface area contributed by atoms with Gasteiger partial charge >= 0.3 is 12.1 Å². The quantitative estimate of drug-likeness (QED) is 0.0510. The van der Waals surface area contributed by atoms with Crippen molar-refractivity contribution in [3.05, 3.63) is 69.7 Å². The van der Waals surface area contributed by atoms with Gasteiger partial charge in [-0.1, -0.05) is 126 Å². The zero-order valence-corrected chi connectivity index (χ0v) is 33.9. The maximum Gasteiger partial charge on any atom is 0.416 e. The molecule has 3 aromatic rings. The van der Waals surface area contributed by atoms with E-state index in [0.29, 0.717) is 50.0 Å². The van der Waals surface area contributed by atoms with Crippen LogP contribution in [0.1, 0.15) is 160 Å². The largest absolute Gasteiger partial charge is 0.481 e. The highest BCUT2D eigenvalue weighted by Gasteiger charge is 2.31. The van der Waals surface area contributed by atoms with Gasteiger partial charge in [0.15, 0.2) is 0 Å². The van der Waals surface area contributed by atoms with Gasteiger partial charge in [0, 0.05) is 28.4 Å². The van der Waals surface area contributed by atoms with Crippen LogP contribution in [0.5, 0.6) is 0 Å². The number of aliphatic hydroxyl groups is 1. The lowest BCUT2D eigenvalue weighted by Crippen LogP contribution is -2.28. The number of hydrogen-bond acceptors (Lipinski definition) is 3. The van der Waals surface area contributed by atoms with Crippen LogP contribution < -0.4 is 0 Å². The molecule has 3 aromatic carbocycles. The van der Waals surface area contributed by atoms with Crippen LogP contribution in [-0.4, -0.2) is 40.7 Å². The fourth-order valence-electron chi connectivity index (χ4n) is 6.56. The minimum Gasteiger partial charge on any atom is -0.481 e. The van der Waals surface area contributed by atoms with Crippen molar-refractivity contribution >= 4 is 50.7 Å².